The minimum Gasteiger partial charge on any atom is -0.338 e. The predicted molar refractivity (Wildman–Crippen MR) is 122 cm³/mol. The zero-order chi connectivity index (χ0) is 20.8. The van der Waals surface area contributed by atoms with Crippen LogP contribution in [0.4, 0.5) is 15.6 Å². The molecular weight excluding hydrogens is 396 g/mol. The fraction of sp³-hybridized carbons (Fsp3) is 0.348. The molecule has 1 aliphatic rings. The molecule has 0 spiro atoms. The summed E-state index contributed by atoms with van der Waals surface area (Å²) in [5, 5.41) is 9.33. The van der Waals surface area contributed by atoms with Gasteiger partial charge in [-0.25, -0.2) is 9.78 Å². The number of aromatic nitrogens is 1. The van der Waals surface area contributed by atoms with Gasteiger partial charge in [0.05, 0.1) is 10.2 Å². The van der Waals surface area contributed by atoms with Gasteiger partial charge in [-0.3, -0.25) is 4.79 Å². The largest absolute Gasteiger partial charge is 0.338 e. The van der Waals surface area contributed by atoms with E-state index < -0.39 is 0 Å². The van der Waals surface area contributed by atoms with Crippen molar-refractivity contribution in [2.75, 3.05) is 17.2 Å². The van der Waals surface area contributed by atoms with Gasteiger partial charge in [0.1, 0.15) is 0 Å². The van der Waals surface area contributed by atoms with Crippen molar-refractivity contribution in [2.45, 2.75) is 38.5 Å². The van der Waals surface area contributed by atoms with Gasteiger partial charge in [0.15, 0.2) is 5.13 Å². The van der Waals surface area contributed by atoms with Gasteiger partial charge in [-0.1, -0.05) is 60.9 Å². The molecule has 1 heterocycles. The first-order valence-corrected chi connectivity index (χ1v) is 11.3. The van der Waals surface area contributed by atoms with E-state index in [1.54, 1.807) is 0 Å². The Hall–Kier alpha value is -2.93. The summed E-state index contributed by atoms with van der Waals surface area (Å²) in [6.45, 7) is 0.565. The molecule has 7 heteroatoms. The van der Waals surface area contributed by atoms with Gasteiger partial charge in [0, 0.05) is 18.2 Å². The first kappa shape index (κ1) is 20.3. The van der Waals surface area contributed by atoms with Crippen LogP contribution in [0, 0.1) is 5.92 Å². The number of amides is 3. The SMILES string of the molecule is O=C(NCCc1ccccc1)Nc1ccc2nc(NC(=O)C3CCCCC3)sc2c1. The molecule has 0 radical (unpaired) electrons. The second kappa shape index (κ2) is 9.71. The number of carbonyl (C=O) groups is 2. The van der Waals surface area contributed by atoms with E-state index >= 15 is 0 Å². The van der Waals surface area contributed by atoms with Crippen LogP contribution in [0.3, 0.4) is 0 Å². The van der Waals surface area contributed by atoms with Gasteiger partial charge >= 0.3 is 6.03 Å². The summed E-state index contributed by atoms with van der Waals surface area (Å²) in [4.78, 5) is 29.1. The summed E-state index contributed by atoms with van der Waals surface area (Å²) >= 11 is 1.43. The predicted octanol–water partition coefficient (Wildman–Crippen LogP) is 5.18. The molecule has 0 unspecified atom stereocenters. The van der Waals surface area contributed by atoms with Crippen LogP contribution in [0.25, 0.3) is 10.2 Å². The van der Waals surface area contributed by atoms with Gasteiger partial charge < -0.3 is 16.0 Å². The Morgan fingerprint density at radius 1 is 1.00 bits per heavy atom. The maximum atomic E-state index is 12.4. The van der Waals surface area contributed by atoms with E-state index in [2.05, 4.69) is 20.9 Å². The molecule has 30 heavy (non-hydrogen) atoms. The monoisotopic (exact) mass is 422 g/mol. The number of hydrogen-bond acceptors (Lipinski definition) is 4. The third kappa shape index (κ3) is 5.36. The van der Waals surface area contributed by atoms with Crippen LogP contribution in [0.5, 0.6) is 0 Å². The second-order valence-corrected chi connectivity index (χ2v) is 8.67. The number of hydrogen-bond donors (Lipinski definition) is 3. The molecular formula is C23H26N4O2S. The Labute approximate surface area is 180 Å². The summed E-state index contributed by atoms with van der Waals surface area (Å²) in [5.74, 6) is 0.174. The fourth-order valence-electron chi connectivity index (χ4n) is 3.77. The number of carbonyl (C=O) groups excluding carboxylic acids is 2. The summed E-state index contributed by atoms with van der Waals surface area (Å²) < 4.78 is 0.927. The minimum absolute atomic E-state index is 0.0740. The molecule has 156 valence electrons. The number of rotatable bonds is 6. The Balaban J connectivity index is 1.31. The van der Waals surface area contributed by atoms with E-state index in [4.69, 9.17) is 0 Å². The quantitative estimate of drug-likeness (QED) is 0.512. The molecule has 0 atom stereocenters. The van der Waals surface area contributed by atoms with Crippen LogP contribution in [0.15, 0.2) is 48.5 Å². The fourth-order valence-corrected chi connectivity index (χ4v) is 4.68. The molecule has 3 amide bonds. The molecule has 1 fully saturated rings. The smallest absolute Gasteiger partial charge is 0.319 e. The van der Waals surface area contributed by atoms with Crippen molar-refractivity contribution in [3.63, 3.8) is 0 Å². The van der Waals surface area contributed by atoms with E-state index in [9.17, 15) is 9.59 Å². The summed E-state index contributed by atoms with van der Waals surface area (Å²) in [5.41, 5.74) is 2.70. The lowest BCUT2D eigenvalue weighted by molar-refractivity contribution is -0.120. The lowest BCUT2D eigenvalue weighted by Crippen LogP contribution is -2.30. The first-order chi connectivity index (χ1) is 14.7. The van der Waals surface area contributed by atoms with Crippen LogP contribution < -0.4 is 16.0 Å². The lowest BCUT2D eigenvalue weighted by atomic mass is 9.89. The molecule has 1 aromatic heterocycles. The molecule has 0 bridgehead atoms. The summed E-state index contributed by atoms with van der Waals surface area (Å²) in [7, 11) is 0. The van der Waals surface area contributed by atoms with E-state index in [0.717, 1.165) is 42.3 Å². The summed E-state index contributed by atoms with van der Waals surface area (Å²) in [6.07, 6.45) is 6.18. The van der Waals surface area contributed by atoms with Crippen molar-refractivity contribution >= 4 is 44.3 Å². The second-order valence-electron chi connectivity index (χ2n) is 7.64. The maximum absolute atomic E-state index is 12.4. The van der Waals surface area contributed by atoms with Crippen LogP contribution in [-0.4, -0.2) is 23.5 Å². The van der Waals surface area contributed by atoms with Crippen molar-refractivity contribution in [2.24, 2.45) is 5.92 Å². The molecule has 4 rings (SSSR count). The number of thiazole rings is 1. The highest BCUT2D eigenvalue weighted by Gasteiger charge is 2.22. The summed E-state index contributed by atoms with van der Waals surface area (Å²) in [6, 6.07) is 15.4. The molecule has 3 aromatic rings. The van der Waals surface area contributed by atoms with E-state index in [-0.39, 0.29) is 17.9 Å². The number of benzene rings is 2. The highest BCUT2D eigenvalue weighted by Crippen LogP contribution is 2.30. The lowest BCUT2D eigenvalue weighted by Gasteiger charge is -2.19. The number of fused-ring (bicyclic) bond motifs is 1. The third-order valence-corrected chi connectivity index (χ3v) is 6.33. The Morgan fingerprint density at radius 2 is 1.80 bits per heavy atom. The highest BCUT2D eigenvalue weighted by atomic mass is 32.1. The van der Waals surface area contributed by atoms with Crippen molar-refractivity contribution in [1.82, 2.24) is 10.3 Å². The highest BCUT2D eigenvalue weighted by molar-refractivity contribution is 7.22. The van der Waals surface area contributed by atoms with Gasteiger partial charge in [-0.05, 0) is 43.0 Å². The van der Waals surface area contributed by atoms with Crippen molar-refractivity contribution < 1.29 is 9.59 Å². The van der Waals surface area contributed by atoms with Gasteiger partial charge in [0.25, 0.3) is 0 Å². The molecule has 2 aromatic carbocycles. The van der Waals surface area contributed by atoms with Crippen molar-refractivity contribution in [3.8, 4) is 0 Å². The molecule has 1 saturated carbocycles. The van der Waals surface area contributed by atoms with E-state index in [1.807, 2.05) is 48.5 Å². The van der Waals surface area contributed by atoms with E-state index in [0.29, 0.717) is 17.4 Å². The average molecular weight is 423 g/mol. The van der Waals surface area contributed by atoms with Crippen molar-refractivity contribution in [1.29, 1.82) is 0 Å². The van der Waals surface area contributed by atoms with E-state index in [1.165, 1.54) is 23.3 Å². The zero-order valence-corrected chi connectivity index (χ0v) is 17.6. The molecule has 3 N–H and O–H groups in total. The molecule has 0 aliphatic heterocycles. The van der Waals surface area contributed by atoms with Crippen LogP contribution in [0.1, 0.15) is 37.7 Å². The number of nitrogens with zero attached hydrogens (tertiary/aromatic N) is 1. The van der Waals surface area contributed by atoms with Crippen LogP contribution >= 0.6 is 11.3 Å². The van der Waals surface area contributed by atoms with Crippen LogP contribution in [-0.2, 0) is 11.2 Å². The molecule has 6 nitrogen and oxygen atoms in total. The van der Waals surface area contributed by atoms with Crippen molar-refractivity contribution in [3.05, 3.63) is 54.1 Å². The molecule has 0 saturated heterocycles. The van der Waals surface area contributed by atoms with Gasteiger partial charge in [0.2, 0.25) is 5.91 Å². The Kier molecular flexibility index (Phi) is 6.59. The topological polar surface area (TPSA) is 83.1 Å². The number of urea groups is 1. The standard InChI is InChI=1S/C23H26N4O2S/c28-21(17-9-5-2-6-10-17)27-23-26-19-12-11-18(15-20(19)30-23)25-22(29)24-14-13-16-7-3-1-4-8-16/h1,3-4,7-8,11-12,15,17H,2,5-6,9-10,13-14H2,(H2,24,25,29)(H,26,27,28). The third-order valence-electron chi connectivity index (χ3n) is 5.39. The normalized spacial score (nSPS) is 14.4. The van der Waals surface area contributed by atoms with Gasteiger partial charge in [-0.15, -0.1) is 0 Å². The molecule has 1 aliphatic carbocycles. The minimum atomic E-state index is -0.236. The Bertz CT molecular complexity index is 1010. The Morgan fingerprint density at radius 3 is 2.60 bits per heavy atom. The van der Waals surface area contributed by atoms with Crippen LogP contribution in [0.2, 0.25) is 0 Å². The maximum Gasteiger partial charge on any atom is 0.319 e. The zero-order valence-electron chi connectivity index (χ0n) is 16.8. The average Bonchev–Trinajstić information content (AvgIpc) is 3.16. The number of nitrogens with one attached hydrogen (secondary N) is 3. The van der Waals surface area contributed by atoms with Gasteiger partial charge in [-0.2, -0.15) is 0 Å². The first-order valence-electron chi connectivity index (χ1n) is 10.5. The number of anilines is 2.